The lowest BCUT2D eigenvalue weighted by molar-refractivity contribution is -0.143. The summed E-state index contributed by atoms with van der Waals surface area (Å²) in [4.78, 5) is 14.8. The Morgan fingerprint density at radius 2 is 1.85 bits per heavy atom. The largest absolute Gasteiger partial charge is 0.489 e. The van der Waals surface area contributed by atoms with Crippen LogP contribution in [0.5, 0.6) is 11.5 Å². The Kier molecular flexibility index (Phi) is 7.23. The molecule has 2 aliphatic rings. The monoisotopic (exact) mass is 447 g/mol. The van der Waals surface area contributed by atoms with Gasteiger partial charge in [-0.2, -0.15) is 0 Å². The van der Waals surface area contributed by atoms with Crippen molar-refractivity contribution in [3.05, 3.63) is 65.2 Å². The van der Waals surface area contributed by atoms with Crippen molar-refractivity contribution in [3.8, 4) is 11.5 Å². The Morgan fingerprint density at radius 1 is 1.09 bits per heavy atom. The van der Waals surface area contributed by atoms with E-state index in [1.54, 1.807) is 0 Å². The number of hydrogen-bond donors (Lipinski definition) is 0. The number of allylic oxidation sites excluding steroid dienone is 1. The molecule has 1 aliphatic carbocycles. The Balaban J connectivity index is 1.48. The van der Waals surface area contributed by atoms with Gasteiger partial charge in [0.05, 0.1) is 5.41 Å². The van der Waals surface area contributed by atoms with Crippen molar-refractivity contribution >= 4 is 11.5 Å². The summed E-state index contributed by atoms with van der Waals surface area (Å²) in [7, 11) is 0. The molecule has 1 heterocycles. The third-order valence-electron chi connectivity index (χ3n) is 6.43. The molecule has 0 spiro atoms. The molecule has 2 aromatic carbocycles. The SMILES string of the molecule is CCCN1CCC(Oc2ccc(C3=CCCCc4cc(OC(=O)C(C)(C)C)ccc43)cc2)C1. The molecule has 1 saturated heterocycles. The van der Waals surface area contributed by atoms with Gasteiger partial charge < -0.3 is 9.47 Å². The molecule has 4 heteroatoms. The summed E-state index contributed by atoms with van der Waals surface area (Å²) >= 11 is 0. The van der Waals surface area contributed by atoms with Crippen molar-refractivity contribution in [2.24, 2.45) is 5.41 Å². The van der Waals surface area contributed by atoms with Crippen molar-refractivity contribution in [3.63, 3.8) is 0 Å². The second-order valence-corrected chi connectivity index (χ2v) is 10.3. The normalized spacial score (nSPS) is 18.9. The van der Waals surface area contributed by atoms with E-state index >= 15 is 0 Å². The smallest absolute Gasteiger partial charge is 0.316 e. The maximum atomic E-state index is 12.3. The average Bonchev–Trinajstić information content (AvgIpc) is 3.10. The van der Waals surface area contributed by atoms with Gasteiger partial charge in [0.15, 0.2) is 0 Å². The molecule has 0 amide bonds. The van der Waals surface area contributed by atoms with Gasteiger partial charge in [-0.15, -0.1) is 0 Å². The van der Waals surface area contributed by atoms with E-state index in [4.69, 9.17) is 9.47 Å². The maximum Gasteiger partial charge on any atom is 0.316 e. The number of esters is 1. The van der Waals surface area contributed by atoms with Crippen LogP contribution >= 0.6 is 0 Å². The van der Waals surface area contributed by atoms with Crippen molar-refractivity contribution < 1.29 is 14.3 Å². The molecule has 0 saturated carbocycles. The van der Waals surface area contributed by atoms with Crippen LogP contribution in [0.2, 0.25) is 0 Å². The number of aryl methyl sites for hydroxylation is 1. The zero-order valence-electron chi connectivity index (χ0n) is 20.5. The highest BCUT2D eigenvalue weighted by Gasteiger charge is 2.25. The number of likely N-dealkylation sites (tertiary alicyclic amines) is 1. The third-order valence-corrected chi connectivity index (χ3v) is 6.43. The number of hydrogen-bond acceptors (Lipinski definition) is 4. The standard InChI is InChI=1S/C29H37NO3/c1-5-17-30-18-16-25(20-30)32-23-12-10-21(11-13-23)26-9-7-6-8-22-19-24(14-15-27(22)26)33-28(31)29(2,3)4/h9-15,19,25H,5-8,16-18,20H2,1-4H3. The highest BCUT2D eigenvalue weighted by Crippen LogP contribution is 2.34. The molecule has 1 fully saturated rings. The number of ether oxygens (including phenoxy) is 2. The van der Waals surface area contributed by atoms with Gasteiger partial charge in [-0.05, 0) is 106 Å². The van der Waals surface area contributed by atoms with Gasteiger partial charge in [0.2, 0.25) is 0 Å². The Hall–Kier alpha value is -2.59. The first-order valence-electron chi connectivity index (χ1n) is 12.4. The molecule has 0 N–H and O–H groups in total. The number of rotatable bonds is 6. The first-order valence-corrected chi connectivity index (χ1v) is 12.4. The molecule has 0 radical (unpaired) electrons. The molecule has 0 aromatic heterocycles. The van der Waals surface area contributed by atoms with Crippen molar-refractivity contribution in [1.29, 1.82) is 0 Å². The van der Waals surface area contributed by atoms with Gasteiger partial charge in [0.1, 0.15) is 17.6 Å². The van der Waals surface area contributed by atoms with Gasteiger partial charge in [-0.3, -0.25) is 9.69 Å². The summed E-state index contributed by atoms with van der Waals surface area (Å²) in [5.74, 6) is 1.37. The number of carbonyl (C=O) groups excluding carboxylic acids is 1. The van der Waals surface area contributed by atoms with Crippen LogP contribution in [0.4, 0.5) is 0 Å². The molecular formula is C29H37NO3. The molecule has 176 valence electrons. The number of benzene rings is 2. The predicted molar refractivity (Wildman–Crippen MR) is 134 cm³/mol. The lowest BCUT2D eigenvalue weighted by Gasteiger charge is -2.18. The topological polar surface area (TPSA) is 38.8 Å². The summed E-state index contributed by atoms with van der Waals surface area (Å²) < 4.78 is 11.9. The molecule has 2 aromatic rings. The fraction of sp³-hybridized carbons (Fsp3) is 0.483. The summed E-state index contributed by atoms with van der Waals surface area (Å²) in [5.41, 5.74) is 4.39. The van der Waals surface area contributed by atoms with Gasteiger partial charge >= 0.3 is 5.97 Å². The molecule has 0 bridgehead atoms. The van der Waals surface area contributed by atoms with Crippen LogP contribution in [0.3, 0.4) is 0 Å². The van der Waals surface area contributed by atoms with Crippen LogP contribution in [0.15, 0.2) is 48.5 Å². The van der Waals surface area contributed by atoms with Gasteiger partial charge in [0.25, 0.3) is 0 Å². The summed E-state index contributed by atoms with van der Waals surface area (Å²) in [6.07, 6.45) is 8.02. The van der Waals surface area contributed by atoms with Crippen LogP contribution < -0.4 is 9.47 Å². The van der Waals surface area contributed by atoms with Crippen molar-refractivity contribution in [2.75, 3.05) is 19.6 Å². The number of fused-ring (bicyclic) bond motifs is 1. The Morgan fingerprint density at radius 3 is 2.58 bits per heavy atom. The van der Waals surface area contributed by atoms with E-state index in [1.165, 1.54) is 28.7 Å². The summed E-state index contributed by atoms with van der Waals surface area (Å²) in [6, 6.07) is 14.6. The van der Waals surface area contributed by atoms with Crippen molar-refractivity contribution in [1.82, 2.24) is 4.90 Å². The van der Waals surface area contributed by atoms with Gasteiger partial charge in [0, 0.05) is 13.1 Å². The molecule has 1 unspecified atom stereocenters. The quantitative estimate of drug-likeness (QED) is 0.386. The van der Waals surface area contributed by atoms with Crippen LogP contribution in [-0.2, 0) is 11.2 Å². The molecule has 4 rings (SSSR count). The lowest BCUT2D eigenvalue weighted by atomic mass is 9.93. The van der Waals surface area contributed by atoms with E-state index in [0.29, 0.717) is 5.75 Å². The summed E-state index contributed by atoms with van der Waals surface area (Å²) in [6.45, 7) is 11.2. The Bertz CT molecular complexity index is 1000. The van der Waals surface area contributed by atoms with Crippen LogP contribution in [-0.4, -0.2) is 36.6 Å². The average molecular weight is 448 g/mol. The molecular weight excluding hydrogens is 410 g/mol. The third kappa shape index (κ3) is 5.86. The maximum absolute atomic E-state index is 12.3. The highest BCUT2D eigenvalue weighted by molar-refractivity contribution is 5.83. The van der Waals surface area contributed by atoms with E-state index in [0.717, 1.165) is 51.1 Å². The van der Waals surface area contributed by atoms with E-state index in [1.807, 2.05) is 32.9 Å². The van der Waals surface area contributed by atoms with Crippen LogP contribution in [0, 0.1) is 5.41 Å². The fourth-order valence-electron chi connectivity index (χ4n) is 4.60. The van der Waals surface area contributed by atoms with E-state index in [9.17, 15) is 4.79 Å². The van der Waals surface area contributed by atoms with Crippen molar-refractivity contribution in [2.45, 2.75) is 65.9 Å². The molecule has 33 heavy (non-hydrogen) atoms. The predicted octanol–water partition coefficient (Wildman–Crippen LogP) is 6.27. The number of carbonyl (C=O) groups is 1. The second kappa shape index (κ2) is 10.1. The number of nitrogens with zero attached hydrogens (tertiary/aromatic N) is 1. The zero-order valence-corrected chi connectivity index (χ0v) is 20.5. The first kappa shape index (κ1) is 23.6. The minimum absolute atomic E-state index is 0.206. The van der Waals surface area contributed by atoms with E-state index < -0.39 is 5.41 Å². The minimum Gasteiger partial charge on any atom is -0.489 e. The molecule has 4 nitrogen and oxygen atoms in total. The zero-order chi connectivity index (χ0) is 23.4. The minimum atomic E-state index is -0.519. The van der Waals surface area contributed by atoms with Gasteiger partial charge in [-0.1, -0.05) is 31.2 Å². The highest BCUT2D eigenvalue weighted by atomic mass is 16.5. The van der Waals surface area contributed by atoms with Gasteiger partial charge in [-0.25, -0.2) is 0 Å². The van der Waals surface area contributed by atoms with E-state index in [2.05, 4.69) is 48.2 Å². The molecule has 1 aliphatic heterocycles. The van der Waals surface area contributed by atoms with Crippen LogP contribution in [0.25, 0.3) is 5.57 Å². The van der Waals surface area contributed by atoms with Crippen LogP contribution in [0.1, 0.15) is 70.1 Å². The molecule has 1 atom stereocenters. The lowest BCUT2D eigenvalue weighted by Crippen LogP contribution is -2.25. The summed E-state index contributed by atoms with van der Waals surface area (Å²) in [5, 5.41) is 0. The first-order chi connectivity index (χ1) is 15.8. The second-order valence-electron chi connectivity index (χ2n) is 10.3. The Labute approximate surface area is 198 Å². The van der Waals surface area contributed by atoms with E-state index in [-0.39, 0.29) is 12.1 Å². The fourth-order valence-corrected chi connectivity index (χ4v) is 4.60.